The van der Waals surface area contributed by atoms with Crippen molar-refractivity contribution in [2.75, 3.05) is 19.3 Å². The van der Waals surface area contributed by atoms with Crippen LogP contribution in [0.15, 0.2) is 41.3 Å². The van der Waals surface area contributed by atoms with Crippen LogP contribution in [-0.4, -0.2) is 59.4 Å². The fraction of sp³-hybridized carbons (Fsp3) is 0.435. The van der Waals surface area contributed by atoms with E-state index in [1.54, 1.807) is 11.0 Å². The molecule has 1 aliphatic rings. The molecule has 1 amide bonds. The van der Waals surface area contributed by atoms with Gasteiger partial charge in [0, 0.05) is 19.3 Å². The number of amides is 1. The van der Waals surface area contributed by atoms with Crippen LogP contribution < -0.4 is 0 Å². The highest BCUT2D eigenvalue weighted by Crippen LogP contribution is 2.30. The molecule has 3 aromatic rings. The van der Waals surface area contributed by atoms with Gasteiger partial charge in [0.25, 0.3) is 0 Å². The lowest BCUT2D eigenvalue weighted by molar-refractivity contribution is 0.0185. The number of aromatic nitrogens is 3. The minimum Gasteiger partial charge on any atom is -0.444 e. The maximum atomic E-state index is 14.3. The zero-order chi connectivity index (χ0) is 24.0. The lowest BCUT2D eigenvalue weighted by Gasteiger charge is -2.33. The number of carbonyl (C=O) groups is 1. The van der Waals surface area contributed by atoms with E-state index in [2.05, 4.69) is 10.3 Å². The molecule has 0 saturated carbocycles. The molecule has 0 atom stereocenters. The van der Waals surface area contributed by atoms with E-state index in [1.807, 2.05) is 43.7 Å². The predicted octanol–water partition coefficient (Wildman–Crippen LogP) is 4.21. The molecule has 8 nitrogen and oxygen atoms in total. The standard InChI is InChI=1S/C23H27FN4O4S/c1-23(2,3)32-22(29)27-11-9-17(10-12-27)28-20-7-5-16(14-19(20)25-26-28)15-6-8-21(18(24)13-15)33(4,30)31/h5-8,13-14,17H,9-12H2,1-4H3. The fourth-order valence-electron chi connectivity index (χ4n) is 3.99. The van der Waals surface area contributed by atoms with Crippen LogP contribution in [0.1, 0.15) is 39.7 Å². The number of benzene rings is 2. The second-order valence-electron chi connectivity index (χ2n) is 9.35. The summed E-state index contributed by atoms with van der Waals surface area (Å²) in [5.41, 5.74) is 2.26. The summed E-state index contributed by atoms with van der Waals surface area (Å²) >= 11 is 0. The second-order valence-corrected chi connectivity index (χ2v) is 11.3. The van der Waals surface area contributed by atoms with E-state index in [9.17, 15) is 17.6 Å². The highest BCUT2D eigenvalue weighted by atomic mass is 32.2. The Morgan fingerprint density at radius 1 is 1.09 bits per heavy atom. The van der Waals surface area contributed by atoms with Gasteiger partial charge in [-0.05, 0) is 69.0 Å². The first kappa shape index (κ1) is 23.2. The van der Waals surface area contributed by atoms with Crippen molar-refractivity contribution in [3.8, 4) is 11.1 Å². The van der Waals surface area contributed by atoms with Gasteiger partial charge in [0.2, 0.25) is 0 Å². The predicted molar refractivity (Wildman–Crippen MR) is 122 cm³/mol. The molecule has 4 rings (SSSR count). The largest absolute Gasteiger partial charge is 0.444 e. The molecule has 1 aliphatic heterocycles. The maximum absolute atomic E-state index is 14.3. The third-order valence-corrected chi connectivity index (χ3v) is 6.73. The van der Waals surface area contributed by atoms with Crippen molar-refractivity contribution < 1.29 is 22.3 Å². The van der Waals surface area contributed by atoms with Crippen molar-refractivity contribution in [3.63, 3.8) is 0 Å². The van der Waals surface area contributed by atoms with Crippen LogP contribution in [0.25, 0.3) is 22.2 Å². The summed E-state index contributed by atoms with van der Waals surface area (Å²) in [7, 11) is -3.63. The number of fused-ring (bicyclic) bond motifs is 1. The normalized spacial score (nSPS) is 15.7. The molecule has 0 aliphatic carbocycles. The average molecular weight is 475 g/mol. The quantitative estimate of drug-likeness (QED) is 0.564. The van der Waals surface area contributed by atoms with Gasteiger partial charge >= 0.3 is 6.09 Å². The highest BCUT2D eigenvalue weighted by Gasteiger charge is 2.28. The molecule has 176 valence electrons. The first-order valence-corrected chi connectivity index (χ1v) is 12.6. The first-order chi connectivity index (χ1) is 15.4. The molecule has 1 aromatic heterocycles. The Balaban J connectivity index is 1.51. The summed E-state index contributed by atoms with van der Waals surface area (Å²) in [6.45, 7) is 6.70. The Hall–Kier alpha value is -3.01. The van der Waals surface area contributed by atoms with Crippen molar-refractivity contribution in [1.29, 1.82) is 0 Å². The van der Waals surface area contributed by atoms with Gasteiger partial charge in [-0.1, -0.05) is 17.3 Å². The van der Waals surface area contributed by atoms with Gasteiger partial charge in [0.05, 0.1) is 11.6 Å². The lowest BCUT2D eigenvalue weighted by Crippen LogP contribution is -2.42. The third kappa shape index (κ3) is 5.00. The van der Waals surface area contributed by atoms with Crippen molar-refractivity contribution in [2.24, 2.45) is 0 Å². The Labute approximate surface area is 192 Å². The van der Waals surface area contributed by atoms with E-state index in [-0.39, 0.29) is 17.0 Å². The number of nitrogens with zero attached hydrogens (tertiary/aromatic N) is 4. The van der Waals surface area contributed by atoms with Crippen LogP contribution in [-0.2, 0) is 14.6 Å². The molecule has 2 heterocycles. The monoisotopic (exact) mass is 474 g/mol. The molecular weight excluding hydrogens is 447 g/mol. The number of piperidine rings is 1. The number of rotatable bonds is 3. The summed E-state index contributed by atoms with van der Waals surface area (Å²) in [5, 5.41) is 8.61. The Bertz CT molecular complexity index is 1310. The molecule has 0 radical (unpaired) electrons. The Kier molecular flexibility index (Phi) is 5.90. The van der Waals surface area contributed by atoms with Crippen molar-refractivity contribution in [1.82, 2.24) is 19.9 Å². The van der Waals surface area contributed by atoms with Gasteiger partial charge in [0.15, 0.2) is 9.84 Å². The summed E-state index contributed by atoms with van der Waals surface area (Å²) in [6, 6.07) is 9.71. The van der Waals surface area contributed by atoms with Crippen LogP contribution in [0.4, 0.5) is 9.18 Å². The number of carbonyl (C=O) groups excluding carboxylic acids is 1. The Morgan fingerprint density at radius 3 is 2.33 bits per heavy atom. The minimum atomic E-state index is -3.63. The van der Waals surface area contributed by atoms with Crippen LogP contribution in [0, 0.1) is 5.82 Å². The van der Waals surface area contributed by atoms with Crippen molar-refractivity contribution in [3.05, 3.63) is 42.2 Å². The van der Waals surface area contributed by atoms with Gasteiger partial charge in [-0.2, -0.15) is 0 Å². The van der Waals surface area contributed by atoms with E-state index in [0.29, 0.717) is 29.7 Å². The smallest absolute Gasteiger partial charge is 0.410 e. The van der Waals surface area contributed by atoms with Crippen LogP contribution in [0.2, 0.25) is 0 Å². The molecule has 2 aromatic carbocycles. The van der Waals surface area contributed by atoms with Gasteiger partial charge < -0.3 is 9.64 Å². The molecule has 1 saturated heterocycles. The molecule has 0 unspecified atom stereocenters. The van der Waals surface area contributed by atoms with Crippen LogP contribution >= 0.6 is 0 Å². The number of ether oxygens (including phenoxy) is 1. The van der Waals surface area contributed by atoms with Crippen LogP contribution in [0.3, 0.4) is 0 Å². The van der Waals surface area contributed by atoms with E-state index in [0.717, 1.165) is 24.6 Å². The number of likely N-dealkylation sites (tertiary alicyclic amines) is 1. The molecule has 0 bridgehead atoms. The summed E-state index contributed by atoms with van der Waals surface area (Å²) < 4.78 is 45.0. The van der Waals surface area contributed by atoms with Gasteiger partial charge in [-0.25, -0.2) is 22.3 Å². The molecule has 0 spiro atoms. The summed E-state index contributed by atoms with van der Waals surface area (Å²) in [5.74, 6) is -0.782. The lowest BCUT2D eigenvalue weighted by atomic mass is 10.0. The molecule has 33 heavy (non-hydrogen) atoms. The second kappa shape index (κ2) is 8.40. The number of halogens is 1. The van der Waals surface area contributed by atoms with E-state index >= 15 is 0 Å². The first-order valence-electron chi connectivity index (χ1n) is 10.8. The Morgan fingerprint density at radius 2 is 1.73 bits per heavy atom. The zero-order valence-electron chi connectivity index (χ0n) is 19.1. The third-order valence-electron chi connectivity index (χ3n) is 5.60. The number of hydrogen-bond acceptors (Lipinski definition) is 6. The summed E-state index contributed by atoms with van der Waals surface area (Å²) in [6.07, 6.45) is 2.14. The topological polar surface area (TPSA) is 94.4 Å². The molecule has 10 heteroatoms. The van der Waals surface area contributed by atoms with E-state index in [1.165, 1.54) is 12.1 Å². The fourth-order valence-corrected chi connectivity index (χ4v) is 4.72. The molecule has 1 fully saturated rings. The maximum Gasteiger partial charge on any atom is 0.410 e. The van der Waals surface area contributed by atoms with Crippen LogP contribution in [0.5, 0.6) is 0 Å². The minimum absolute atomic E-state index is 0.103. The van der Waals surface area contributed by atoms with E-state index < -0.39 is 21.3 Å². The van der Waals surface area contributed by atoms with Gasteiger partial charge in [-0.3, -0.25) is 0 Å². The van der Waals surface area contributed by atoms with E-state index in [4.69, 9.17) is 4.74 Å². The number of hydrogen-bond donors (Lipinski definition) is 0. The molecule has 0 N–H and O–H groups in total. The summed E-state index contributed by atoms with van der Waals surface area (Å²) in [4.78, 5) is 13.7. The van der Waals surface area contributed by atoms with Crippen molar-refractivity contribution >= 4 is 27.0 Å². The van der Waals surface area contributed by atoms with Gasteiger partial charge in [0.1, 0.15) is 21.8 Å². The van der Waals surface area contributed by atoms with Gasteiger partial charge in [-0.15, -0.1) is 5.10 Å². The molecular formula is C23H27FN4O4S. The highest BCUT2D eigenvalue weighted by molar-refractivity contribution is 7.90. The average Bonchev–Trinajstić information content (AvgIpc) is 3.15. The zero-order valence-corrected chi connectivity index (χ0v) is 19.9. The SMILES string of the molecule is CC(C)(C)OC(=O)N1CCC(n2nnc3cc(-c4ccc(S(C)(=O)=O)c(F)c4)ccc32)CC1. The van der Waals surface area contributed by atoms with Crippen molar-refractivity contribution in [2.45, 2.75) is 50.2 Å². The number of sulfone groups is 1.